The molecule has 2 N–H and O–H groups in total. The van der Waals surface area contributed by atoms with Gasteiger partial charge in [-0.1, -0.05) is 35.5 Å². The van der Waals surface area contributed by atoms with Crippen molar-refractivity contribution < 1.29 is 23.1 Å². The fourth-order valence-electron chi connectivity index (χ4n) is 3.43. The van der Waals surface area contributed by atoms with Gasteiger partial charge in [0.15, 0.2) is 18.2 Å². The number of ether oxygens (including phenoxy) is 2. The highest BCUT2D eigenvalue weighted by molar-refractivity contribution is 6.47. The molecule has 0 aliphatic carbocycles. The lowest BCUT2D eigenvalue weighted by atomic mass is 10.1. The van der Waals surface area contributed by atoms with Crippen LogP contribution in [0.5, 0.6) is 17.2 Å². The number of amidine groups is 1. The van der Waals surface area contributed by atoms with E-state index < -0.39 is 0 Å². The van der Waals surface area contributed by atoms with Crippen LogP contribution in [-0.4, -0.2) is 40.9 Å². The van der Waals surface area contributed by atoms with Crippen molar-refractivity contribution >= 4 is 11.5 Å². The molecule has 37 heavy (non-hydrogen) atoms. The van der Waals surface area contributed by atoms with Crippen molar-refractivity contribution in [3.8, 4) is 28.7 Å². The zero-order valence-electron chi connectivity index (χ0n) is 19.9. The summed E-state index contributed by atoms with van der Waals surface area (Å²) in [6.07, 6.45) is 0. The smallest absolute Gasteiger partial charge is 0.257 e. The van der Waals surface area contributed by atoms with Crippen molar-refractivity contribution in [1.29, 1.82) is 0 Å². The molecule has 3 aromatic carbocycles. The largest absolute Gasteiger partial charge is 0.496 e. The number of hydrazone groups is 1. The highest BCUT2D eigenvalue weighted by atomic mass is 19.1. The van der Waals surface area contributed by atoms with Crippen LogP contribution in [-0.2, 0) is 11.4 Å². The zero-order chi connectivity index (χ0) is 25.6. The van der Waals surface area contributed by atoms with E-state index in [0.29, 0.717) is 34.4 Å². The Morgan fingerprint density at radius 2 is 1.81 bits per heavy atom. The number of methoxy groups -OCH3 is 1. The minimum Gasteiger partial charge on any atom is -0.496 e. The summed E-state index contributed by atoms with van der Waals surface area (Å²) < 4.78 is 30.2. The fraction of sp³-hybridized carbons (Fsp3) is 0.120. The predicted octanol–water partition coefficient (Wildman–Crippen LogP) is 3.87. The Morgan fingerprint density at radius 1 is 1.03 bits per heavy atom. The molecule has 0 unspecified atom stereocenters. The molecule has 0 radical (unpaired) electrons. The number of hydrazine groups is 2. The Labute approximate surface area is 211 Å². The van der Waals surface area contributed by atoms with Crippen LogP contribution >= 0.6 is 0 Å². The van der Waals surface area contributed by atoms with Gasteiger partial charge in [-0.15, -0.1) is 20.8 Å². The first kappa shape index (κ1) is 23.8. The van der Waals surface area contributed by atoms with Crippen LogP contribution in [0.15, 0.2) is 87.5 Å². The topological polar surface area (TPSA) is 119 Å². The van der Waals surface area contributed by atoms with Gasteiger partial charge in [-0.3, -0.25) is 5.01 Å². The highest BCUT2D eigenvalue weighted by Crippen LogP contribution is 2.34. The Hall–Kier alpha value is -4.97. The summed E-state index contributed by atoms with van der Waals surface area (Å²) in [5.74, 6) is 2.12. The maximum atomic E-state index is 13.1. The number of likely N-dealkylation sites (N-methyl/N-ethyl adjacent to an activating group) is 1. The quantitative estimate of drug-likeness (QED) is 0.259. The Balaban J connectivity index is 1.30. The predicted molar refractivity (Wildman–Crippen MR) is 132 cm³/mol. The molecule has 0 saturated heterocycles. The monoisotopic (exact) mass is 503 g/mol. The SMILES string of the molecule is COc1cc(Oc2ccc(F)cc2)ccc1-c1nnc(CO/N=C(\C2=NNNN2C)c2ccccc2)o1. The van der Waals surface area contributed by atoms with Crippen LogP contribution in [0.3, 0.4) is 0 Å². The number of rotatable bonds is 9. The van der Waals surface area contributed by atoms with Gasteiger partial charge < -0.3 is 18.7 Å². The molecule has 0 bridgehead atoms. The van der Waals surface area contributed by atoms with Crippen molar-refractivity contribution in [2.24, 2.45) is 10.3 Å². The van der Waals surface area contributed by atoms with Gasteiger partial charge in [-0.25, -0.2) is 9.93 Å². The van der Waals surface area contributed by atoms with Crippen LogP contribution < -0.4 is 20.5 Å². The summed E-state index contributed by atoms with van der Waals surface area (Å²) in [6, 6.07) is 20.4. The molecule has 0 spiro atoms. The zero-order valence-corrected chi connectivity index (χ0v) is 19.9. The molecule has 5 rings (SSSR count). The van der Waals surface area contributed by atoms with Gasteiger partial charge in [0.1, 0.15) is 23.1 Å². The molecule has 12 heteroatoms. The molecule has 188 valence electrons. The lowest BCUT2D eigenvalue weighted by Crippen LogP contribution is -2.40. The minimum atomic E-state index is -0.341. The third kappa shape index (κ3) is 5.49. The second-order valence-corrected chi connectivity index (χ2v) is 7.72. The van der Waals surface area contributed by atoms with Gasteiger partial charge in [-0.2, -0.15) is 0 Å². The molecule has 1 aromatic heterocycles. The number of halogens is 1. The van der Waals surface area contributed by atoms with E-state index in [2.05, 4.69) is 31.5 Å². The number of aromatic nitrogens is 2. The Morgan fingerprint density at radius 3 is 2.54 bits per heavy atom. The maximum Gasteiger partial charge on any atom is 0.257 e. The summed E-state index contributed by atoms with van der Waals surface area (Å²) in [4.78, 5) is 5.55. The van der Waals surface area contributed by atoms with E-state index in [1.165, 1.54) is 31.4 Å². The molecule has 0 atom stereocenters. The van der Waals surface area contributed by atoms with Crippen LogP contribution in [0, 0.1) is 5.82 Å². The first-order valence-electron chi connectivity index (χ1n) is 11.1. The number of oxime groups is 1. The number of hydrogen-bond acceptors (Lipinski definition) is 11. The van der Waals surface area contributed by atoms with E-state index in [4.69, 9.17) is 18.7 Å². The molecule has 11 nitrogen and oxygen atoms in total. The average molecular weight is 503 g/mol. The van der Waals surface area contributed by atoms with Crippen molar-refractivity contribution in [2.75, 3.05) is 14.2 Å². The van der Waals surface area contributed by atoms with Crippen molar-refractivity contribution in [1.82, 2.24) is 26.3 Å². The molecule has 1 aliphatic rings. The minimum absolute atomic E-state index is 0.0603. The van der Waals surface area contributed by atoms with Crippen molar-refractivity contribution in [2.45, 2.75) is 6.61 Å². The van der Waals surface area contributed by atoms with Crippen molar-refractivity contribution in [3.63, 3.8) is 0 Å². The summed E-state index contributed by atoms with van der Waals surface area (Å²) in [5.41, 5.74) is 7.43. The van der Waals surface area contributed by atoms with E-state index in [1.54, 1.807) is 30.3 Å². The fourth-order valence-corrected chi connectivity index (χ4v) is 3.43. The molecule has 2 heterocycles. The molecular weight excluding hydrogens is 481 g/mol. The van der Waals surface area contributed by atoms with Crippen molar-refractivity contribution in [3.05, 3.63) is 90.1 Å². The number of benzene rings is 3. The summed E-state index contributed by atoms with van der Waals surface area (Å²) in [7, 11) is 3.32. The lowest BCUT2D eigenvalue weighted by Gasteiger charge is -2.13. The van der Waals surface area contributed by atoms with Gasteiger partial charge in [0.25, 0.3) is 11.8 Å². The third-order valence-electron chi connectivity index (χ3n) is 5.22. The molecular formula is C25H22FN7O4. The third-order valence-corrected chi connectivity index (χ3v) is 5.22. The van der Waals surface area contributed by atoms with Crippen LogP contribution in [0.4, 0.5) is 4.39 Å². The average Bonchev–Trinajstić information content (AvgIpc) is 3.57. The van der Waals surface area contributed by atoms with Crippen LogP contribution in [0.25, 0.3) is 11.5 Å². The first-order valence-corrected chi connectivity index (χ1v) is 11.1. The van der Waals surface area contributed by atoms with Crippen LogP contribution in [0.2, 0.25) is 0 Å². The second kappa shape index (κ2) is 10.7. The van der Waals surface area contributed by atoms with Gasteiger partial charge in [0.05, 0.1) is 12.7 Å². The van der Waals surface area contributed by atoms with E-state index >= 15 is 0 Å². The van der Waals surface area contributed by atoms with Gasteiger partial charge >= 0.3 is 0 Å². The molecule has 0 fully saturated rings. The van der Waals surface area contributed by atoms with Gasteiger partial charge in [0, 0.05) is 18.7 Å². The maximum absolute atomic E-state index is 13.1. The summed E-state index contributed by atoms with van der Waals surface area (Å²) in [5, 5.41) is 18.3. The normalized spacial score (nSPS) is 13.2. The summed E-state index contributed by atoms with van der Waals surface area (Å²) in [6.45, 7) is -0.0603. The van der Waals surface area contributed by atoms with E-state index in [0.717, 1.165) is 5.56 Å². The second-order valence-electron chi connectivity index (χ2n) is 7.72. The van der Waals surface area contributed by atoms with Gasteiger partial charge in [-0.05, 0) is 36.4 Å². The standard InChI is InChI=1S/C25H22FN7O4/c1-33-24(28-31-32-33)23(16-6-4-3-5-7-16)30-35-15-22-27-29-25(37-22)20-13-12-19(14-21(20)34-2)36-18-10-8-17(26)9-11-18/h3-14,31-32H,15H2,1-2H3/b30-23-. The highest BCUT2D eigenvalue weighted by Gasteiger charge is 2.22. The van der Waals surface area contributed by atoms with Crippen LogP contribution in [0.1, 0.15) is 11.5 Å². The Bertz CT molecular complexity index is 1420. The molecule has 0 saturated carbocycles. The Kier molecular flexibility index (Phi) is 6.90. The molecule has 4 aromatic rings. The summed E-state index contributed by atoms with van der Waals surface area (Å²) >= 11 is 0. The number of nitrogens with one attached hydrogen (secondary N) is 2. The lowest BCUT2D eigenvalue weighted by molar-refractivity contribution is 0.112. The first-order chi connectivity index (χ1) is 18.1. The number of nitrogens with zero attached hydrogens (tertiary/aromatic N) is 5. The van der Waals surface area contributed by atoms with E-state index in [9.17, 15) is 4.39 Å². The number of hydrogen-bond donors (Lipinski definition) is 2. The van der Waals surface area contributed by atoms with Gasteiger partial charge in [0.2, 0.25) is 0 Å². The molecule has 1 aliphatic heterocycles. The van der Waals surface area contributed by atoms with E-state index in [1.807, 2.05) is 30.3 Å². The van der Waals surface area contributed by atoms with E-state index in [-0.39, 0.29) is 24.2 Å². The molecule has 0 amide bonds.